The molecule has 0 aromatic carbocycles. The summed E-state index contributed by atoms with van der Waals surface area (Å²) in [6.07, 6.45) is 6.42. The van der Waals surface area contributed by atoms with Crippen LogP contribution in [0.4, 0.5) is 0 Å². The van der Waals surface area contributed by atoms with Gasteiger partial charge in [0.25, 0.3) is 0 Å². The lowest BCUT2D eigenvalue weighted by Crippen LogP contribution is -2.43. The van der Waals surface area contributed by atoms with E-state index in [2.05, 4.69) is 6.92 Å². The van der Waals surface area contributed by atoms with Crippen LogP contribution in [0, 0.1) is 5.92 Å². The second-order valence-corrected chi connectivity index (χ2v) is 5.65. The normalized spacial score (nSPS) is 12.5. The highest BCUT2D eigenvalue weighted by Crippen LogP contribution is 2.13. The highest BCUT2D eigenvalue weighted by atomic mass is 16.4. The van der Waals surface area contributed by atoms with Gasteiger partial charge < -0.3 is 10.0 Å². The lowest BCUT2D eigenvalue weighted by Gasteiger charge is -2.26. The van der Waals surface area contributed by atoms with Gasteiger partial charge in [-0.3, -0.25) is 4.79 Å². The van der Waals surface area contributed by atoms with Crippen molar-refractivity contribution >= 4 is 11.9 Å². The second-order valence-electron chi connectivity index (χ2n) is 5.65. The maximum Gasteiger partial charge on any atom is 0.326 e. The van der Waals surface area contributed by atoms with Crippen molar-refractivity contribution in [1.29, 1.82) is 0 Å². The molecule has 0 fully saturated rings. The van der Waals surface area contributed by atoms with E-state index in [4.69, 9.17) is 0 Å². The maximum atomic E-state index is 12.0. The summed E-state index contributed by atoms with van der Waals surface area (Å²) in [5.74, 6) is -0.694. The van der Waals surface area contributed by atoms with Crippen molar-refractivity contribution in [2.45, 2.75) is 71.8 Å². The highest BCUT2D eigenvalue weighted by molar-refractivity contribution is 5.83. The summed E-state index contributed by atoms with van der Waals surface area (Å²) in [4.78, 5) is 24.6. The molecule has 112 valence electrons. The molecule has 0 aliphatic rings. The Morgan fingerprint density at radius 1 is 1.11 bits per heavy atom. The van der Waals surface area contributed by atoms with Crippen LogP contribution in [-0.2, 0) is 9.59 Å². The zero-order valence-electron chi connectivity index (χ0n) is 12.8. The number of unbranched alkanes of at least 4 members (excludes halogenated alkanes) is 4. The van der Waals surface area contributed by atoms with Crippen molar-refractivity contribution < 1.29 is 14.7 Å². The van der Waals surface area contributed by atoms with Crippen LogP contribution in [0.5, 0.6) is 0 Å². The molecule has 0 aliphatic heterocycles. The summed E-state index contributed by atoms with van der Waals surface area (Å²) >= 11 is 0. The molecule has 0 bridgehead atoms. The lowest BCUT2D eigenvalue weighted by molar-refractivity contribution is -0.149. The van der Waals surface area contributed by atoms with Gasteiger partial charge in [0, 0.05) is 13.5 Å². The van der Waals surface area contributed by atoms with Gasteiger partial charge in [0.05, 0.1) is 0 Å². The third kappa shape index (κ3) is 7.85. The molecule has 0 unspecified atom stereocenters. The Bertz CT molecular complexity index is 277. The molecule has 0 aromatic heterocycles. The molecular weight excluding hydrogens is 242 g/mol. The minimum atomic E-state index is -0.907. The first-order chi connectivity index (χ1) is 8.90. The van der Waals surface area contributed by atoms with E-state index in [0.29, 0.717) is 12.8 Å². The van der Waals surface area contributed by atoms with E-state index in [1.807, 2.05) is 13.8 Å². The first kappa shape index (κ1) is 17.9. The number of hydrogen-bond donors (Lipinski definition) is 1. The van der Waals surface area contributed by atoms with Crippen molar-refractivity contribution in [3.63, 3.8) is 0 Å². The van der Waals surface area contributed by atoms with E-state index in [-0.39, 0.29) is 11.8 Å². The fraction of sp³-hybridized carbons (Fsp3) is 0.867. The van der Waals surface area contributed by atoms with Crippen molar-refractivity contribution in [3.05, 3.63) is 0 Å². The van der Waals surface area contributed by atoms with Crippen molar-refractivity contribution in [3.8, 4) is 0 Å². The zero-order chi connectivity index (χ0) is 14.8. The summed E-state index contributed by atoms with van der Waals surface area (Å²) in [6, 6.07) is -0.692. The Morgan fingerprint density at radius 2 is 1.68 bits per heavy atom. The van der Waals surface area contributed by atoms with Crippen LogP contribution in [0.25, 0.3) is 0 Å². The molecule has 0 saturated heterocycles. The van der Waals surface area contributed by atoms with E-state index in [1.54, 1.807) is 7.05 Å². The minimum absolute atomic E-state index is 0.0513. The average molecular weight is 271 g/mol. The Balaban J connectivity index is 4.16. The van der Waals surface area contributed by atoms with E-state index in [0.717, 1.165) is 19.3 Å². The fourth-order valence-electron chi connectivity index (χ4n) is 2.10. The van der Waals surface area contributed by atoms with Gasteiger partial charge in [0.1, 0.15) is 6.04 Å². The van der Waals surface area contributed by atoms with E-state index in [9.17, 15) is 14.7 Å². The minimum Gasteiger partial charge on any atom is -0.480 e. The molecule has 4 heteroatoms. The molecule has 1 N–H and O–H groups in total. The van der Waals surface area contributed by atoms with Crippen molar-refractivity contribution in [1.82, 2.24) is 4.90 Å². The van der Waals surface area contributed by atoms with Gasteiger partial charge in [-0.05, 0) is 18.8 Å². The van der Waals surface area contributed by atoms with Crippen LogP contribution >= 0.6 is 0 Å². The number of carbonyl (C=O) groups is 2. The monoisotopic (exact) mass is 271 g/mol. The number of hydrogen-bond acceptors (Lipinski definition) is 2. The van der Waals surface area contributed by atoms with Crippen molar-refractivity contribution in [2.24, 2.45) is 5.92 Å². The molecule has 4 nitrogen and oxygen atoms in total. The van der Waals surface area contributed by atoms with Crippen LogP contribution < -0.4 is 0 Å². The predicted octanol–water partition coefficient (Wildman–Crippen LogP) is 3.30. The molecule has 19 heavy (non-hydrogen) atoms. The molecule has 0 saturated carbocycles. The number of amides is 1. The Morgan fingerprint density at radius 3 is 2.16 bits per heavy atom. The van der Waals surface area contributed by atoms with Gasteiger partial charge >= 0.3 is 5.97 Å². The second kappa shape index (κ2) is 9.82. The SMILES string of the molecule is CCCCCCCC(=O)N(C)[C@@H](CC(C)C)C(=O)O. The molecule has 1 atom stereocenters. The molecule has 1 amide bonds. The Hall–Kier alpha value is -1.06. The Kier molecular flexibility index (Phi) is 9.27. The van der Waals surface area contributed by atoms with Gasteiger partial charge in [-0.15, -0.1) is 0 Å². The van der Waals surface area contributed by atoms with Crippen LogP contribution in [0.15, 0.2) is 0 Å². The number of rotatable bonds is 10. The molecule has 0 radical (unpaired) electrons. The van der Waals surface area contributed by atoms with Crippen molar-refractivity contribution in [2.75, 3.05) is 7.05 Å². The summed E-state index contributed by atoms with van der Waals surface area (Å²) in [7, 11) is 1.61. The van der Waals surface area contributed by atoms with Crippen LogP contribution in [0.3, 0.4) is 0 Å². The van der Waals surface area contributed by atoms with Crippen LogP contribution in [0.1, 0.15) is 65.7 Å². The third-order valence-corrected chi connectivity index (χ3v) is 3.33. The lowest BCUT2D eigenvalue weighted by atomic mass is 10.0. The summed E-state index contributed by atoms with van der Waals surface area (Å²) in [5.41, 5.74) is 0. The number of carboxylic acid groups (broad SMARTS) is 1. The van der Waals surface area contributed by atoms with E-state index < -0.39 is 12.0 Å². The van der Waals surface area contributed by atoms with E-state index >= 15 is 0 Å². The molecule has 0 rings (SSSR count). The van der Waals surface area contributed by atoms with Gasteiger partial charge in [-0.25, -0.2) is 4.79 Å². The number of nitrogens with zero attached hydrogens (tertiary/aromatic N) is 1. The predicted molar refractivity (Wildman–Crippen MR) is 77.0 cm³/mol. The molecule has 0 aromatic rings. The number of carboxylic acids is 1. The van der Waals surface area contributed by atoms with Crippen LogP contribution in [-0.4, -0.2) is 35.0 Å². The topological polar surface area (TPSA) is 57.6 Å². The fourth-order valence-corrected chi connectivity index (χ4v) is 2.10. The summed E-state index contributed by atoms with van der Waals surface area (Å²) in [5, 5.41) is 9.19. The first-order valence-corrected chi connectivity index (χ1v) is 7.38. The van der Waals surface area contributed by atoms with Crippen LogP contribution in [0.2, 0.25) is 0 Å². The average Bonchev–Trinajstić information content (AvgIpc) is 2.34. The summed E-state index contributed by atoms with van der Waals surface area (Å²) in [6.45, 7) is 6.10. The number of aliphatic carboxylic acids is 1. The first-order valence-electron chi connectivity index (χ1n) is 7.38. The number of carbonyl (C=O) groups excluding carboxylic acids is 1. The zero-order valence-corrected chi connectivity index (χ0v) is 12.8. The largest absolute Gasteiger partial charge is 0.480 e. The molecule has 0 spiro atoms. The van der Waals surface area contributed by atoms with Gasteiger partial charge in [-0.1, -0.05) is 46.5 Å². The molecule has 0 aliphatic carbocycles. The third-order valence-electron chi connectivity index (χ3n) is 3.33. The summed E-state index contributed by atoms with van der Waals surface area (Å²) < 4.78 is 0. The molecule has 0 heterocycles. The Labute approximate surface area is 117 Å². The van der Waals surface area contributed by atoms with E-state index in [1.165, 1.54) is 17.7 Å². The standard InChI is InChI=1S/C15H29NO3/c1-5-6-7-8-9-10-14(17)16(4)13(15(18)19)11-12(2)3/h12-13H,5-11H2,1-4H3,(H,18,19)/t13-/m0/s1. The van der Waals surface area contributed by atoms with Gasteiger partial charge in [-0.2, -0.15) is 0 Å². The van der Waals surface area contributed by atoms with Gasteiger partial charge in [0.15, 0.2) is 0 Å². The number of likely N-dealkylation sites (N-methyl/N-ethyl adjacent to an activating group) is 1. The van der Waals surface area contributed by atoms with Gasteiger partial charge in [0.2, 0.25) is 5.91 Å². The quantitative estimate of drug-likeness (QED) is 0.620. The highest BCUT2D eigenvalue weighted by Gasteiger charge is 2.26. The molecular formula is C15H29NO3. The maximum absolute atomic E-state index is 12.0. The smallest absolute Gasteiger partial charge is 0.326 e.